The van der Waals surface area contributed by atoms with E-state index in [-0.39, 0.29) is 29.4 Å². The summed E-state index contributed by atoms with van der Waals surface area (Å²) in [7, 11) is 1.57. The Morgan fingerprint density at radius 3 is 2.45 bits per heavy atom. The number of nitrogens with zero attached hydrogens (tertiary/aromatic N) is 1. The van der Waals surface area contributed by atoms with Crippen LogP contribution in [-0.4, -0.2) is 18.8 Å². The lowest BCUT2D eigenvalue weighted by Gasteiger charge is -2.43. The molecule has 31 heavy (non-hydrogen) atoms. The van der Waals surface area contributed by atoms with E-state index in [1.54, 1.807) is 18.1 Å². The number of hydrogen-bond acceptors (Lipinski definition) is 3. The Morgan fingerprint density at radius 1 is 1.06 bits per heavy atom. The van der Waals surface area contributed by atoms with Crippen molar-refractivity contribution in [1.82, 2.24) is 0 Å². The van der Waals surface area contributed by atoms with Crippen molar-refractivity contribution in [3.63, 3.8) is 0 Å². The highest BCUT2D eigenvalue weighted by Gasteiger charge is 2.45. The van der Waals surface area contributed by atoms with Gasteiger partial charge in [-0.1, -0.05) is 49.7 Å². The number of benzene rings is 2. The quantitative estimate of drug-likeness (QED) is 0.580. The highest BCUT2D eigenvalue weighted by molar-refractivity contribution is 6.31. The molecule has 1 unspecified atom stereocenters. The second-order valence-corrected chi connectivity index (χ2v) is 9.82. The lowest BCUT2D eigenvalue weighted by molar-refractivity contribution is -0.121. The minimum atomic E-state index is -0.225. The molecule has 0 saturated heterocycles. The molecule has 1 amide bonds. The predicted octanol–water partition coefficient (Wildman–Crippen LogP) is 6.13. The molecule has 1 aliphatic carbocycles. The fourth-order valence-corrected chi connectivity index (χ4v) is 5.08. The Morgan fingerprint density at radius 2 is 1.77 bits per heavy atom. The molecule has 0 saturated carbocycles. The van der Waals surface area contributed by atoms with Gasteiger partial charge in [0.1, 0.15) is 5.75 Å². The lowest BCUT2D eigenvalue weighted by Crippen LogP contribution is -2.44. The number of rotatable bonds is 3. The van der Waals surface area contributed by atoms with Crippen molar-refractivity contribution >= 4 is 29.0 Å². The first kappa shape index (κ1) is 21.6. The fourth-order valence-electron chi connectivity index (χ4n) is 4.92. The van der Waals surface area contributed by atoms with E-state index >= 15 is 0 Å². The van der Waals surface area contributed by atoms with Gasteiger partial charge in [-0.2, -0.15) is 0 Å². The number of Topliss-reactive ketones (excluding diaryl/α,β-unsaturated/α-hetero) is 1. The Labute approximate surface area is 188 Å². The highest BCUT2D eigenvalue weighted by atomic mass is 35.5. The smallest absolute Gasteiger partial charge is 0.232 e. The summed E-state index contributed by atoms with van der Waals surface area (Å²) in [5.74, 6) is 0.406. The van der Waals surface area contributed by atoms with Crippen LogP contribution in [0.2, 0.25) is 5.02 Å². The summed E-state index contributed by atoms with van der Waals surface area (Å²) in [4.78, 5) is 28.8. The minimum absolute atomic E-state index is 0.0301. The van der Waals surface area contributed by atoms with Crippen molar-refractivity contribution in [2.75, 3.05) is 12.0 Å². The maximum Gasteiger partial charge on any atom is 0.232 e. The third kappa shape index (κ3) is 3.78. The number of amides is 1. The van der Waals surface area contributed by atoms with E-state index in [0.717, 1.165) is 28.0 Å². The van der Waals surface area contributed by atoms with Crippen LogP contribution in [0.25, 0.3) is 0 Å². The second-order valence-electron chi connectivity index (χ2n) is 9.42. The molecule has 0 radical (unpaired) electrons. The van der Waals surface area contributed by atoms with E-state index in [0.29, 0.717) is 29.3 Å². The van der Waals surface area contributed by atoms with Gasteiger partial charge < -0.3 is 4.74 Å². The first-order valence-corrected chi connectivity index (χ1v) is 11.0. The van der Waals surface area contributed by atoms with E-state index in [1.807, 2.05) is 44.2 Å². The van der Waals surface area contributed by atoms with Crippen molar-refractivity contribution in [3.8, 4) is 5.75 Å². The van der Waals surface area contributed by atoms with Crippen LogP contribution in [0, 0.1) is 19.3 Å². The third-order valence-corrected chi connectivity index (χ3v) is 6.82. The summed E-state index contributed by atoms with van der Waals surface area (Å²) in [5, 5.41) is 0.581. The molecule has 1 heterocycles. The van der Waals surface area contributed by atoms with E-state index in [9.17, 15) is 9.59 Å². The van der Waals surface area contributed by atoms with Crippen LogP contribution in [0.4, 0.5) is 5.69 Å². The van der Waals surface area contributed by atoms with E-state index in [1.165, 1.54) is 0 Å². The van der Waals surface area contributed by atoms with Gasteiger partial charge in [-0.05, 0) is 48.4 Å². The van der Waals surface area contributed by atoms with Crippen molar-refractivity contribution in [2.45, 2.75) is 52.9 Å². The monoisotopic (exact) mass is 437 g/mol. The SMILES string of the molecule is COc1cc(Cl)c(C)cc1N1C(=O)CC(c2ccccc2C)C2=C1CC(C)(C)CC2=O. The second kappa shape index (κ2) is 7.83. The molecular formula is C26H28ClNO3. The van der Waals surface area contributed by atoms with Gasteiger partial charge in [0.15, 0.2) is 5.78 Å². The van der Waals surface area contributed by atoms with Gasteiger partial charge in [0.2, 0.25) is 5.91 Å². The van der Waals surface area contributed by atoms with Crippen LogP contribution < -0.4 is 9.64 Å². The van der Waals surface area contributed by atoms with Crippen LogP contribution in [-0.2, 0) is 9.59 Å². The zero-order chi connectivity index (χ0) is 22.5. The van der Waals surface area contributed by atoms with Crippen molar-refractivity contribution in [3.05, 3.63) is 69.4 Å². The average molecular weight is 438 g/mol. The van der Waals surface area contributed by atoms with Crippen LogP contribution in [0.1, 0.15) is 55.7 Å². The van der Waals surface area contributed by atoms with Gasteiger partial charge in [-0.15, -0.1) is 0 Å². The Bertz CT molecular complexity index is 1120. The number of halogens is 1. The highest BCUT2D eigenvalue weighted by Crippen LogP contribution is 2.50. The lowest BCUT2D eigenvalue weighted by atomic mass is 9.69. The molecule has 1 aliphatic heterocycles. The molecule has 2 aromatic carbocycles. The fraction of sp³-hybridized carbons (Fsp3) is 0.385. The number of aryl methyl sites for hydroxylation is 2. The molecule has 4 rings (SSSR count). The largest absolute Gasteiger partial charge is 0.495 e. The zero-order valence-electron chi connectivity index (χ0n) is 18.7. The number of anilines is 1. The van der Waals surface area contributed by atoms with Gasteiger partial charge in [0, 0.05) is 41.1 Å². The number of hydrogen-bond donors (Lipinski definition) is 0. The number of ether oxygens (including phenoxy) is 1. The Kier molecular flexibility index (Phi) is 5.47. The molecule has 0 bridgehead atoms. The number of carbonyl (C=O) groups excluding carboxylic acids is 2. The molecule has 4 nitrogen and oxygen atoms in total. The topological polar surface area (TPSA) is 46.6 Å². The van der Waals surface area contributed by atoms with Crippen molar-refractivity contribution in [1.29, 1.82) is 0 Å². The van der Waals surface area contributed by atoms with Gasteiger partial charge in [-0.3, -0.25) is 14.5 Å². The van der Waals surface area contributed by atoms with Crippen LogP contribution in [0.15, 0.2) is 47.7 Å². The zero-order valence-corrected chi connectivity index (χ0v) is 19.5. The molecule has 1 atom stereocenters. The van der Waals surface area contributed by atoms with E-state index in [4.69, 9.17) is 16.3 Å². The van der Waals surface area contributed by atoms with Crippen LogP contribution in [0.3, 0.4) is 0 Å². The number of methoxy groups -OCH3 is 1. The number of ketones is 1. The molecule has 2 aromatic rings. The van der Waals surface area contributed by atoms with Gasteiger partial charge in [0.05, 0.1) is 12.8 Å². The first-order chi connectivity index (χ1) is 14.6. The molecule has 0 aromatic heterocycles. The van der Waals surface area contributed by atoms with Crippen LogP contribution in [0.5, 0.6) is 5.75 Å². The predicted molar refractivity (Wildman–Crippen MR) is 124 cm³/mol. The maximum absolute atomic E-state index is 13.6. The summed E-state index contributed by atoms with van der Waals surface area (Å²) < 4.78 is 5.59. The Balaban J connectivity index is 1.97. The van der Waals surface area contributed by atoms with E-state index < -0.39 is 0 Å². The maximum atomic E-state index is 13.6. The third-order valence-electron chi connectivity index (χ3n) is 6.41. The molecular weight excluding hydrogens is 410 g/mol. The molecule has 5 heteroatoms. The number of allylic oxidation sites excluding steroid dienone is 2. The van der Waals surface area contributed by atoms with E-state index in [2.05, 4.69) is 13.8 Å². The first-order valence-electron chi connectivity index (χ1n) is 10.6. The van der Waals surface area contributed by atoms with Gasteiger partial charge in [0.25, 0.3) is 0 Å². The summed E-state index contributed by atoms with van der Waals surface area (Å²) in [6, 6.07) is 11.6. The number of carbonyl (C=O) groups is 2. The van der Waals surface area contributed by atoms with Crippen molar-refractivity contribution in [2.24, 2.45) is 5.41 Å². The molecule has 0 N–H and O–H groups in total. The molecule has 2 aliphatic rings. The minimum Gasteiger partial charge on any atom is -0.495 e. The normalized spacial score (nSPS) is 20.7. The average Bonchev–Trinajstić information content (AvgIpc) is 2.68. The summed E-state index contributed by atoms with van der Waals surface area (Å²) >= 11 is 6.32. The van der Waals surface area contributed by atoms with Gasteiger partial charge in [-0.25, -0.2) is 0 Å². The standard InChI is InChI=1S/C26H28ClNO3/c1-15-8-6-7-9-17(15)18-11-24(30)28(20-10-16(2)19(27)12-23(20)31-5)21-13-26(3,4)14-22(29)25(18)21/h6-10,12,18H,11,13-14H2,1-5H3. The summed E-state index contributed by atoms with van der Waals surface area (Å²) in [5.41, 5.74) is 4.99. The molecule has 162 valence electrons. The molecule has 0 fully saturated rings. The van der Waals surface area contributed by atoms with Crippen LogP contribution >= 0.6 is 11.6 Å². The molecule has 0 spiro atoms. The Hall–Kier alpha value is -2.59. The summed E-state index contributed by atoms with van der Waals surface area (Å²) in [6.45, 7) is 8.11. The van der Waals surface area contributed by atoms with Gasteiger partial charge >= 0.3 is 0 Å². The summed E-state index contributed by atoms with van der Waals surface area (Å²) in [6.07, 6.45) is 1.38. The van der Waals surface area contributed by atoms with Crippen molar-refractivity contribution < 1.29 is 14.3 Å².